The van der Waals surface area contributed by atoms with Crippen LogP contribution in [0, 0.1) is 13.8 Å². The van der Waals surface area contributed by atoms with Crippen LogP contribution < -0.4 is 10.5 Å². The van der Waals surface area contributed by atoms with Crippen molar-refractivity contribution in [3.63, 3.8) is 0 Å². The van der Waals surface area contributed by atoms with Crippen molar-refractivity contribution in [1.82, 2.24) is 4.72 Å². The van der Waals surface area contributed by atoms with Gasteiger partial charge in [-0.15, -0.1) is 0 Å². The van der Waals surface area contributed by atoms with Crippen LogP contribution in [0.1, 0.15) is 31.4 Å². The molecule has 1 aromatic carbocycles. The minimum absolute atomic E-state index is 0.0255. The van der Waals surface area contributed by atoms with Crippen molar-refractivity contribution in [3.8, 4) is 0 Å². The highest BCUT2D eigenvalue weighted by Crippen LogP contribution is 2.15. The van der Waals surface area contributed by atoms with E-state index in [-0.39, 0.29) is 12.1 Å². The summed E-state index contributed by atoms with van der Waals surface area (Å²) in [6.07, 6.45) is 0.615. The van der Waals surface area contributed by atoms with Crippen molar-refractivity contribution in [3.05, 3.63) is 29.3 Å². The standard InChI is InChI=1S/C13H22N2O2S/c1-9-5-6-13(7-10(9)2)18(16,17)15-12(4)8-11(3)14/h5-7,11-12,15H,8,14H2,1-4H3. The molecule has 0 saturated heterocycles. The molecule has 18 heavy (non-hydrogen) atoms. The molecule has 4 nitrogen and oxygen atoms in total. The maximum atomic E-state index is 12.1. The van der Waals surface area contributed by atoms with Gasteiger partial charge in [-0.25, -0.2) is 13.1 Å². The molecule has 0 spiro atoms. The van der Waals surface area contributed by atoms with Gasteiger partial charge >= 0.3 is 0 Å². The van der Waals surface area contributed by atoms with Crippen LogP contribution in [0.25, 0.3) is 0 Å². The number of hydrogen-bond acceptors (Lipinski definition) is 3. The number of nitrogens with two attached hydrogens (primary N) is 1. The molecule has 0 saturated carbocycles. The van der Waals surface area contributed by atoms with Gasteiger partial charge in [0.1, 0.15) is 0 Å². The SMILES string of the molecule is Cc1ccc(S(=O)(=O)NC(C)CC(C)N)cc1C. The molecule has 102 valence electrons. The van der Waals surface area contributed by atoms with Crippen molar-refractivity contribution in [2.24, 2.45) is 5.73 Å². The molecule has 3 N–H and O–H groups in total. The monoisotopic (exact) mass is 270 g/mol. The molecule has 0 aliphatic rings. The predicted molar refractivity (Wildman–Crippen MR) is 74.0 cm³/mol. The lowest BCUT2D eigenvalue weighted by molar-refractivity contribution is 0.519. The third-order valence-corrected chi connectivity index (χ3v) is 4.46. The van der Waals surface area contributed by atoms with Gasteiger partial charge in [-0.2, -0.15) is 0 Å². The van der Waals surface area contributed by atoms with E-state index >= 15 is 0 Å². The first-order chi connectivity index (χ1) is 8.22. The minimum Gasteiger partial charge on any atom is -0.328 e. The number of hydrogen-bond donors (Lipinski definition) is 2. The molecule has 0 aliphatic carbocycles. The van der Waals surface area contributed by atoms with Gasteiger partial charge in [0, 0.05) is 12.1 Å². The molecular formula is C13H22N2O2S. The van der Waals surface area contributed by atoms with Gasteiger partial charge in [-0.3, -0.25) is 0 Å². The van der Waals surface area contributed by atoms with Crippen molar-refractivity contribution in [2.75, 3.05) is 0 Å². The zero-order valence-electron chi connectivity index (χ0n) is 11.4. The topological polar surface area (TPSA) is 72.2 Å². The van der Waals surface area contributed by atoms with E-state index in [4.69, 9.17) is 5.73 Å². The lowest BCUT2D eigenvalue weighted by Crippen LogP contribution is -2.36. The summed E-state index contributed by atoms with van der Waals surface area (Å²) >= 11 is 0. The number of sulfonamides is 1. The second-order valence-electron chi connectivity index (χ2n) is 4.98. The van der Waals surface area contributed by atoms with Crippen LogP contribution in [0.15, 0.2) is 23.1 Å². The first kappa shape index (κ1) is 15.1. The van der Waals surface area contributed by atoms with Crippen molar-refractivity contribution in [2.45, 2.75) is 51.1 Å². The molecule has 0 amide bonds. The largest absolute Gasteiger partial charge is 0.328 e. The maximum Gasteiger partial charge on any atom is 0.240 e. The van der Waals surface area contributed by atoms with E-state index < -0.39 is 10.0 Å². The van der Waals surface area contributed by atoms with Gasteiger partial charge in [-0.05, 0) is 57.4 Å². The van der Waals surface area contributed by atoms with E-state index in [2.05, 4.69) is 4.72 Å². The van der Waals surface area contributed by atoms with Crippen LogP contribution in [0.2, 0.25) is 0 Å². The average molecular weight is 270 g/mol. The van der Waals surface area contributed by atoms with E-state index in [0.717, 1.165) is 11.1 Å². The van der Waals surface area contributed by atoms with Crippen LogP contribution in [-0.2, 0) is 10.0 Å². The summed E-state index contributed by atoms with van der Waals surface area (Å²) in [5.74, 6) is 0. The second kappa shape index (κ2) is 5.82. The van der Waals surface area contributed by atoms with E-state index in [0.29, 0.717) is 11.3 Å². The van der Waals surface area contributed by atoms with Gasteiger partial charge in [0.2, 0.25) is 10.0 Å². The first-order valence-electron chi connectivity index (χ1n) is 6.07. The van der Waals surface area contributed by atoms with E-state index in [1.807, 2.05) is 33.8 Å². The third kappa shape index (κ3) is 4.08. The minimum atomic E-state index is -3.45. The molecule has 0 heterocycles. The first-order valence-corrected chi connectivity index (χ1v) is 7.56. The molecule has 5 heteroatoms. The van der Waals surface area contributed by atoms with Gasteiger partial charge < -0.3 is 5.73 Å². The normalized spacial score (nSPS) is 15.4. The van der Waals surface area contributed by atoms with Gasteiger partial charge in [-0.1, -0.05) is 6.07 Å². The molecule has 2 atom stereocenters. The van der Waals surface area contributed by atoms with Crippen molar-refractivity contribution < 1.29 is 8.42 Å². The fourth-order valence-electron chi connectivity index (χ4n) is 1.82. The van der Waals surface area contributed by atoms with Crippen LogP contribution in [0.4, 0.5) is 0 Å². The molecular weight excluding hydrogens is 248 g/mol. The summed E-state index contributed by atoms with van der Waals surface area (Å²) in [5, 5.41) is 0. The Balaban J connectivity index is 2.89. The molecule has 2 unspecified atom stereocenters. The smallest absolute Gasteiger partial charge is 0.240 e. The van der Waals surface area contributed by atoms with Gasteiger partial charge in [0.25, 0.3) is 0 Å². The fourth-order valence-corrected chi connectivity index (χ4v) is 3.16. The molecule has 0 radical (unpaired) electrons. The van der Waals surface area contributed by atoms with Crippen LogP contribution in [-0.4, -0.2) is 20.5 Å². The lowest BCUT2D eigenvalue weighted by atomic mass is 10.1. The quantitative estimate of drug-likeness (QED) is 0.855. The van der Waals surface area contributed by atoms with E-state index in [1.165, 1.54) is 0 Å². The van der Waals surface area contributed by atoms with Crippen LogP contribution in [0.3, 0.4) is 0 Å². The molecule has 0 bridgehead atoms. The molecule has 0 fully saturated rings. The Bertz CT molecular complexity index is 510. The van der Waals surface area contributed by atoms with Crippen molar-refractivity contribution in [1.29, 1.82) is 0 Å². The van der Waals surface area contributed by atoms with E-state index in [1.54, 1.807) is 12.1 Å². The molecule has 1 aromatic rings. The molecule has 1 rings (SSSR count). The fraction of sp³-hybridized carbons (Fsp3) is 0.538. The highest BCUT2D eigenvalue weighted by molar-refractivity contribution is 7.89. The zero-order chi connectivity index (χ0) is 13.9. The highest BCUT2D eigenvalue weighted by Gasteiger charge is 2.18. The summed E-state index contributed by atoms with van der Waals surface area (Å²) < 4.78 is 26.9. The number of nitrogens with one attached hydrogen (secondary N) is 1. The maximum absolute atomic E-state index is 12.1. The Labute approximate surface area is 110 Å². The highest BCUT2D eigenvalue weighted by atomic mass is 32.2. The summed E-state index contributed by atoms with van der Waals surface area (Å²) in [4.78, 5) is 0.308. The second-order valence-corrected chi connectivity index (χ2v) is 6.70. The van der Waals surface area contributed by atoms with Crippen LogP contribution in [0.5, 0.6) is 0 Å². The Morgan fingerprint density at radius 1 is 1.22 bits per heavy atom. The third-order valence-electron chi connectivity index (χ3n) is 2.87. The van der Waals surface area contributed by atoms with Crippen molar-refractivity contribution >= 4 is 10.0 Å². The lowest BCUT2D eigenvalue weighted by Gasteiger charge is -2.16. The Morgan fingerprint density at radius 3 is 2.33 bits per heavy atom. The summed E-state index contributed by atoms with van der Waals surface area (Å²) in [7, 11) is -3.45. The molecule has 0 aromatic heterocycles. The summed E-state index contributed by atoms with van der Waals surface area (Å²) in [6.45, 7) is 7.54. The summed E-state index contributed by atoms with van der Waals surface area (Å²) in [5.41, 5.74) is 7.71. The van der Waals surface area contributed by atoms with Gasteiger partial charge in [0.15, 0.2) is 0 Å². The number of rotatable bonds is 5. The van der Waals surface area contributed by atoms with Crippen LogP contribution >= 0.6 is 0 Å². The number of aryl methyl sites for hydroxylation is 2. The Hall–Kier alpha value is -0.910. The predicted octanol–water partition coefficient (Wildman–Crippen LogP) is 1.71. The van der Waals surface area contributed by atoms with Gasteiger partial charge in [0.05, 0.1) is 4.90 Å². The average Bonchev–Trinajstić information content (AvgIpc) is 2.19. The Morgan fingerprint density at radius 2 is 1.83 bits per heavy atom. The Kier molecular flexibility index (Phi) is 4.90. The number of benzene rings is 1. The molecule has 0 aliphatic heterocycles. The summed E-state index contributed by atoms with van der Waals surface area (Å²) in [6, 6.07) is 4.94. The van der Waals surface area contributed by atoms with E-state index in [9.17, 15) is 8.42 Å². The zero-order valence-corrected chi connectivity index (χ0v) is 12.2.